The summed E-state index contributed by atoms with van der Waals surface area (Å²) in [5, 5.41) is 7.29. The van der Waals surface area contributed by atoms with Gasteiger partial charge in [0.25, 0.3) is 0 Å². The molecule has 0 unspecified atom stereocenters. The molecule has 0 saturated heterocycles. The zero-order valence-electron chi connectivity index (χ0n) is 16.6. The fourth-order valence-electron chi connectivity index (χ4n) is 2.88. The molecule has 3 rings (SSSR count). The zero-order chi connectivity index (χ0) is 21.5. The predicted octanol–water partition coefficient (Wildman–Crippen LogP) is 6.45. The van der Waals surface area contributed by atoms with E-state index in [4.69, 9.17) is 16.3 Å². The van der Waals surface area contributed by atoms with Crippen LogP contribution in [0.2, 0.25) is 5.02 Å². The van der Waals surface area contributed by atoms with Gasteiger partial charge in [-0.3, -0.25) is 0 Å². The van der Waals surface area contributed by atoms with Gasteiger partial charge in [-0.2, -0.15) is 5.10 Å². The number of carbonyl (C=O) groups excluding carboxylic acids is 1. The van der Waals surface area contributed by atoms with E-state index in [9.17, 15) is 4.79 Å². The van der Waals surface area contributed by atoms with Crippen molar-refractivity contribution in [3.63, 3.8) is 0 Å². The first-order valence-corrected chi connectivity index (χ1v) is 10.4. The monoisotopic (exact) mass is 485 g/mol. The molecule has 0 aliphatic carbocycles. The molecule has 2 amide bonds. The van der Waals surface area contributed by atoms with E-state index in [1.807, 2.05) is 50.2 Å². The molecule has 0 fully saturated rings. The van der Waals surface area contributed by atoms with E-state index in [0.717, 1.165) is 32.5 Å². The van der Waals surface area contributed by atoms with Crippen molar-refractivity contribution in [1.82, 2.24) is 5.43 Å². The number of halogens is 2. The fraction of sp³-hybridized carbons (Fsp3) is 0.130. The van der Waals surface area contributed by atoms with E-state index in [1.54, 1.807) is 30.5 Å². The molecule has 0 atom stereocenters. The Morgan fingerprint density at radius 1 is 1.07 bits per heavy atom. The second kappa shape index (κ2) is 10.3. The van der Waals surface area contributed by atoms with Gasteiger partial charge in [-0.1, -0.05) is 39.7 Å². The van der Waals surface area contributed by atoms with Gasteiger partial charge in [0, 0.05) is 15.2 Å². The van der Waals surface area contributed by atoms with Crippen molar-refractivity contribution in [1.29, 1.82) is 0 Å². The molecule has 0 radical (unpaired) electrons. The number of hydrazone groups is 1. The Balaban J connectivity index is 1.57. The Morgan fingerprint density at radius 2 is 1.70 bits per heavy atom. The SMILES string of the molecule is Cc1cc(/C=N\NC(=O)Nc2ccc(Cl)cc2)cc(C)c1OCc1ccc(Br)cc1. The predicted molar refractivity (Wildman–Crippen MR) is 126 cm³/mol. The van der Waals surface area contributed by atoms with Gasteiger partial charge in [-0.15, -0.1) is 0 Å². The first-order valence-electron chi connectivity index (χ1n) is 9.25. The van der Waals surface area contributed by atoms with Gasteiger partial charge in [0.1, 0.15) is 12.4 Å². The van der Waals surface area contributed by atoms with E-state index in [-0.39, 0.29) is 0 Å². The van der Waals surface area contributed by atoms with Crippen molar-refractivity contribution in [2.75, 3.05) is 5.32 Å². The number of nitrogens with one attached hydrogen (secondary N) is 2. The molecule has 2 N–H and O–H groups in total. The summed E-state index contributed by atoms with van der Waals surface area (Å²) in [6.45, 7) is 4.47. The number of urea groups is 1. The highest BCUT2D eigenvalue weighted by Gasteiger charge is 2.07. The number of hydrogen-bond acceptors (Lipinski definition) is 3. The Morgan fingerprint density at radius 3 is 2.33 bits per heavy atom. The second-order valence-corrected chi connectivity index (χ2v) is 8.08. The summed E-state index contributed by atoms with van der Waals surface area (Å²) in [5.74, 6) is 0.850. The van der Waals surface area contributed by atoms with Crippen molar-refractivity contribution in [2.45, 2.75) is 20.5 Å². The molecule has 3 aromatic carbocycles. The molecule has 0 aliphatic heterocycles. The zero-order valence-corrected chi connectivity index (χ0v) is 18.9. The van der Waals surface area contributed by atoms with Crippen LogP contribution in [0.15, 0.2) is 70.2 Å². The van der Waals surface area contributed by atoms with Crippen LogP contribution in [0.3, 0.4) is 0 Å². The third-order valence-corrected chi connectivity index (χ3v) is 5.04. The lowest BCUT2D eigenvalue weighted by Crippen LogP contribution is -2.24. The van der Waals surface area contributed by atoms with Crippen molar-refractivity contribution in [2.24, 2.45) is 5.10 Å². The number of aryl methyl sites for hydroxylation is 2. The van der Waals surface area contributed by atoms with Gasteiger partial charge in [0.2, 0.25) is 0 Å². The molecule has 0 aromatic heterocycles. The summed E-state index contributed by atoms with van der Waals surface area (Å²) in [4.78, 5) is 11.9. The van der Waals surface area contributed by atoms with Crippen LogP contribution in [0.5, 0.6) is 5.75 Å². The standard InChI is InChI=1S/C23H21BrClN3O2/c1-15-11-18(13-26-28-23(29)27-21-9-7-20(25)8-10-21)12-16(2)22(15)30-14-17-3-5-19(24)6-4-17/h3-13H,14H2,1-2H3,(H2,27,28,29)/b26-13-. The molecule has 0 heterocycles. The summed E-state index contributed by atoms with van der Waals surface area (Å²) in [6, 6.07) is 18.4. The third kappa shape index (κ3) is 6.34. The minimum atomic E-state index is -0.434. The Hall–Kier alpha value is -2.83. The first kappa shape index (κ1) is 21.9. The van der Waals surface area contributed by atoms with Crippen LogP contribution in [0.1, 0.15) is 22.3 Å². The van der Waals surface area contributed by atoms with E-state index >= 15 is 0 Å². The first-order chi connectivity index (χ1) is 14.4. The molecule has 30 heavy (non-hydrogen) atoms. The molecule has 0 spiro atoms. The van der Waals surface area contributed by atoms with Crippen LogP contribution in [-0.4, -0.2) is 12.2 Å². The highest BCUT2D eigenvalue weighted by Crippen LogP contribution is 2.25. The highest BCUT2D eigenvalue weighted by molar-refractivity contribution is 9.10. The smallest absolute Gasteiger partial charge is 0.339 e. The maximum absolute atomic E-state index is 11.9. The van der Waals surface area contributed by atoms with E-state index in [1.165, 1.54) is 0 Å². The van der Waals surface area contributed by atoms with E-state index in [0.29, 0.717) is 17.3 Å². The molecule has 0 saturated carbocycles. The molecule has 0 aliphatic rings. The van der Waals surface area contributed by atoms with Crippen molar-refractivity contribution < 1.29 is 9.53 Å². The average Bonchev–Trinajstić information content (AvgIpc) is 2.70. The number of anilines is 1. The Kier molecular flexibility index (Phi) is 7.49. The van der Waals surface area contributed by atoms with E-state index < -0.39 is 6.03 Å². The maximum atomic E-state index is 11.9. The molecule has 7 heteroatoms. The van der Waals surface area contributed by atoms with Gasteiger partial charge in [-0.25, -0.2) is 10.2 Å². The highest BCUT2D eigenvalue weighted by atomic mass is 79.9. The lowest BCUT2D eigenvalue weighted by molar-refractivity contribution is 0.252. The van der Waals surface area contributed by atoms with Crippen molar-refractivity contribution in [3.05, 3.63) is 92.4 Å². The molecule has 0 bridgehead atoms. The Bertz CT molecular complexity index is 1030. The summed E-state index contributed by atoms with van der Waals surface area (Å²) in [5.41, 5.74) is 7.04. The largest absolute Gasteiger partial charge is 0.488 e. The fourth-order valence-corrected chi connectivity index (χ4v) is 3.27. The van der Waals surface area contributed by atoms with Crippen molar-refractivity contribution in [3.8, 4) is 5.75 Å². The number of hydrogen-bond donors (Lipinski definition) is 2. The van der Waals surface area contributed by atoms with Crippen LogP contribution in [-0.2, 0) is 6.61 Å². The maximum Gasteiger partial charge on any atom is 0.339 e. The minimum absolute atomic E-state index is 0.434. The molecule has 5 nitrogen and oxygen atoms in total. The van der Waals surface area contributed by atoms with Gasteiger partial charge in [0.15, 0.2) is 0 Å². The lowest BCUT2D eigenvalue weighted by Gasteiger charge is -2.13. The summed E-state index contributed by atoms with van der Waals surface area (Å²) >= 11 is 9.26. The van der Waals surface area contributed by atoms with Gasteiger partial charge >= 0.3 is 6.03 Å². The summed E-state index contributed by atoms with van der Waals surface area (Å²) in [6.07, 6.45) is 1.60. The normalized spacial score (nSPS) is 10.8. The van der Waals surface area contributed by atoms with Gasteiger partial charge in [0.05, 0.1) is 6.21 Å². The average molecular weight is 487 g/mol. The molecular weight excluding hydrogens is 466 g/mol. The number of rotatable bonds is 6. The molecule has 154 valence electrons. The number of carbonyl (C=O) groups is 1. The van der Waals surface area contributed by atoms with Crippen LogP contribution < -0.4 is 15.5 Å². The molecular formula is C23H21BrClN3O2. The van der Waals surface area contributed by atoms with E-state index in [2.05, 4.69) is 31.8 Å². The number of ether oxygens (including phenoxy) is 1. The van der Waals surface area contributed by atoms with Crippen LogP contribution in [0.25, 0.3) is 0 Å². The van der Waals surface area contributed by atoms with Crippen LogP contribution in [0.4, 0.5) is 10.5 Å². The van der Waals surface area contributed by atoms with Crippen LogP contribution in [0, 0.1) is 13.8 Å². The van der Waals surface area contributed by atoms with Crippen molar-refractivity contribution >= 4 is 45.5 Å². The quantitative estimate of drug-likeness (QED) is 0.310. The van der Waals surface area contributed by atoms with Crippen LogP contribution >= 0.6 is 27.5 Å². The number of amides is 2. The van der Waals surface area contributed by atoms with Gasteiger partial charge in [-0.05, 0) is 84.6 Å². The third-order valence-electron chi connectivity index (χ3n) is 4.26. The summed E-state index contributed by atoms with van der Waals surface area (Å²) < 4.78 is 7.06. The second-order valence-electron chi connectivity index (χ2n) is 6.73. The number of nitrogens with zero attached hydrogens (tertiary/aromatic N) is 1. The van der Waals surface area contributed by atoms with Gasteiger partial charge < -0.3 is 10.1 Å². The lowest BCUT2D eigenvalue weighted by atomic mass is 10.1. The Labute approximate surface area is 189 Å². The molecule has 3 aromatic rings. The topological polar surface area (TPSA) is 62.7 Å². The minimum Gasteiger partial charge on any atom is -0.488 e. The summed E-state index contributed by atoms with van der Waals surface area (Å²) in [7, 11) is 0. The number of benzene rings is 3.